The number of anilines is 1. The zero-order valence-electron chi connectivity index (χ0n) is 13.5. The normalized spacial score (nSPS) is 20.0. The van der Waals surface area contributed by atoms with Gasteiger partial charge in [-0.25, -0.2) is 19.5 Å². The second-order valence-electron chi connectivity index (χ2n) is 5.85. The highest BCUT2D eigenvalue weighted by molar-refractivity contribution is 5.61. The number of imidazole rings is 1. The summed E-state index contributed by atoms with van der Waals surface area (Å²) < 4.78 is 7.23. The van der Waals surface area contributed by atoms with Crippen molar-refractivity contribution in [2.24, 2.45) is 0 Å². The number of nitrogens with one attached hydrogen (secondary N) is 1. The fraction of sp³-hybridized carbons (Fsp3) is 0.375. The standard InChI is InChI=1S/C16H18N6O2/c1-17-16-18-4-3-11(20-16)12-8-19-14-7-13(24-2)15(21-22(12)14)9-5-10(23)6-9/h3-4,7-10,23H,5-6H2,1-2H3,(H,17,18,20). The van der Waals surface area contributed by atoms with E-state index in [1.807, 2.05) is 12.1 Å². The Morgan fingerprint density at radius 2 is 2.17 bits per heavy atom. The van der Waals surface area contributed by atoms with Crippen LogP contribution in [-0.2, 0) is 0 Å². The molecule has 24 heavy (non-hydrogen) atoms. The van der Waals surface area contributed by atoms with Crippen LogP contribution >= 0.6 is 0 Å². The minimum Gasteiger partial charge on any atom is -0.495 e. The van der Waals surface area contributed by atoms with Crippen LogP contribution in [0.5, 0.6) is 5.75 Å². The maximum atomic E-state index is 9.60. The van der Waals surface area contributed by atoms with E-state index in [-0.39, 0.29) is 12.0 Å². The molecule has 1 fully saturated rings. The molecule has 0 bridgehead atoms. The molecule has 0 radical (unpaired) electrons. The third-order valence-corrected chi connectivity index (χ3v) is 4.35. The molecule has 1 aliphatic carbocycles. The number of methoxy groups -OCH3 is 1. The number of nitrogens with zero attached hydrogens (tertiary/aromatic N) is 5. The molecule has 8 heteroatoms. The van der Waals surface area contributed by atoms with Crippen LogP contribution in [0, 0.1) is 0 Å². The van der Waals surface area contributed by atoms with Gasteiger partial charge >= 0.3 is 0 Å². The number of aliphatic hydroxyl groups excluding tert-OH is 1. The topological polar surface area (TPSA) is 97.5 Å². The summed E-state index contributed by atoms with van der Waals surface area (Å²) in [6, 6.07) is 3.69. The Kier molecular flexibility index (Phi) is 3.53. The Balaban J connectivity index is 1.84. The average molecular weight is 326 g/mol. The minimum absolute atomic E-state index is 0.202. The van der Waals surface area contributed by atoms with Gasteiger partial charge in [0.2, 0.25) is 5.95 Å². The number of ether oxygens (including phenoxy) is 1. The number of aliphatic hydroxyl groups is 1. The number of rotatable bonds is 4. The summed E-state index contributed by atoms with van der Waals surface area (Å²) in [6.45, 7) is 0. The van der Waals surface area contributed by atoms with Gasteiger partial charge in [0.1, 0.15) is 17.1 Å². The van der Waals surface area contributed by atoms with E-state index in [9.17, 15) is 5.11 Å². The average Bonchev–Trinajstić information content (AvgIpc) is 3.00. The van der Waals surface area contributed by atoms with Crippen molar-refractivity contribution in [1.82, 2.24) is 24.6 Å². The number of hydrogen-bond acceptors (Lipinski definition) is 7. The minimum atomic E-state index is -0.250. The van der Waals surface area contributed by atoms with Gasteiger partial charge in [-0.3, -0.25) is 0 Å². The summed E-state index contributed by atoms with van der Waals surface area (Å²) in [6.07, 6.45) is 4.59. The summed E-state index contributed by atoms with van der Waals surface area (Å²) in [7, 11) is 3.40. The molecule has 4 rings (SSSR count). The van der Waals surface area contributed by atoms with Gasteiger partial charge in [-0.15, -0.1) is 0 Å². The summed E-state index contributed by atoms with van der Waals surface area (Å²) in [5.74, 6) is 1.45. The quantitative estimate of drug-likeness (QED) is 0.749. The van der Waals surface area contributed by atoms with Gasteiger partial charge in [-0.05, 0) is 18.9 Å². The number of fused-ring (bicyclic) bond motifs is 1. The first-order valence-corrected chi connectivity index (χ1v) is 7.81. The van der Waals surface area contributed by atoms with Crippen LogP contribution in [0.1, 0.15) is 24.5 Å². The van der Waals surface area contributed by atoms with Gasteiger partial charge in [-0.1, -0.05) is 0 Å². The molecule has 2 N–H and O–H groups in total. The first kappa shape index (κ1) is 14.8. The Morgan fingerprint density at radius 1 is 1.33 bits per heavy atom. The van der Waals surface area contributed by atoms with Crippen molar-refractivity contribution in [3.63, 3.8) is 0 Å². The van der Waals surface area contributed by atoms with Crippen LogP contribution in [0.15, 0.2) is 24.5 Å². The zero-order valence-corrected chi connectivity index (χ0v) is 13.5. The second-order valence-corrected chi connectivity index (χ2v) is 5.85. The monoisotopic (exact) mass is 326 g/mol. The van der Waals surface area contributed by atoms with Gasteiger partial charge in [0.25, 0.3) is 0 Å². The molecule has 0 saturated heterocycles. The Morgan fingerprint density at radius 3 is 2.88 bits per heavy atom. The summed E-state index contributed by atoms with van der Waals surface area (Å²) in [4.78, 5) is 13.0. The van der Waals surface area contributed by atoms with Crippen LogP contribution in [0.3, 0.4) is 0 Å². The Hall–Kier alpha value is -2.74. The van der Waals surface area contributed by atoms with E-state index in [0.29, 0.717) is 30.2 Å². The highest BCUT2D eigenvalue weighted by atomic mass is 16.5. The number of aromatic nitrogens is 5. The van der Waals surface area contributed by atoms with E-state index in [1.54, 1.807) is 31.1 Å². The van der Waals surface area contributed by atoms with E-state index in [2.05, 4.69) is 20.3 Å². The van der Waals surface area contributed by atoms with Crippen molar-refractivity contribution in [1.29, 1.82) is 0 Å². The predicted molar refractivity (Wildman–Crippen MR) is 88.1 cm³/mol. The summed E-state index contributed by atoms with van der Waals surface area (Å²) in [5, 5.41) is 17.3. The largest absolute Gasteiger partial charge is 0.495 e. The fourth-order valence-corrected chi connectivity index (χ4v) is 2.97. The van der Waals surface area contributed by atoms with Gasteiger partial charge < -0.3 is 15.2 Å². The van der Waals surface area contributed by atoms with E-state index >= 15 is 0 Å². The smallest absolute Gasteiger partial charge is 0.222 e. The van der Waals surface area contributed by atoms with Crippen molar-refractivity contribution in [2.45, 2.75) is 24.9 Å². The van der Waals surface area contributed by atoms with Crippen molar-refractivity contribution in [3.8, 4) is 17.1 Å². The second kappa shape index (κ2) is 5.72. The van der Waals surface area contributed by atoms with Crippen LogP contribution in [-0.4, -0.2) is 49.9 Å². The van der Waals surface area contributed by atoms with E-state index in [0.717, 1.165) is 17.1 Å². The third-order valence-electron chi connectivity index (χ3n) is 4.35. The van der Waals surface area contributed by atoms with Gasteiger partial charge in [-0.2, -0.15) is 5.10 Å². The molecule has 1 saturated carbocycles. The lowest BCUT2D eigenvalue weighted by atomic mass is 9.80. The van der Waals surface area contributed by atoms with Crippen molar-refractivity contribution in [3.05, 3.63) is 30.2 Å². The number of hydrogen-bond donors (Lipinski definition) is 2. The maximum Gasteiger partial charge on any atom is 0.222 e. The lowest BCUT2D eigenvalue weighted by molar-refractivity contribution is 0.0718. The molecule has 3 aromatic heterocycles. The highest BCUT2D eigenvalue weighted by Crippen LogP contribution is 2.40. The van der Waals surface area contributed by atoms with E-state index in [4.69, 9.17) is 9.84 Å². The van der Waals surface area contributed by atoms with Crippen LogP contribution in [0.4, 0.5) is 5.95 Å². The van der Waals surface area contributed by atoms with Crippen LogP contribution in [0.2, 0.25) is 0 Å². The molecule has 1 aliphatic rings. The lowest BCUT2D eigenvalue weighted by Gasteiger charge is -2.31. The Bertz CT molecular complexity index is 887. The van der Waals surface area contributed by atoms with E-state index in [1.165, 1.54) is 0 Å². The van der Waals surface area contributed by atoms with Crippen molar-refractivity contribution >= 4 is 11.6 Å². The first-order chi connectivity index (χ1) is 11.7. The van der Waals surface area contributed by atoms with Gasteiger partial charge in [0.15, 0.2) is 5.65 Å². The Labute approximate surface area is 138 Å². The van der Waals surface area contributed by atoms with Gasteiger partial charge in [0, 0.05) is 25.2 Å². The molecular formula is C16H18N6O2. The van der Waals surface area contributed by atoms with Crippen LogP contribution in [0.25, 0.3) is 17.0 Å². The highest BCUT2D eigenvalue weighted by Gasteiger charge is 2.32. The summed E-state index contributed by atoms with van der Waals surface area (Å²) in [5.41, 5.74) is 3.05. The third kappa shape index (κ3) is 2.35. The molecule has 3 heterocycles. The molecule has 0 spiro atoms. The van der Waals surface area contributed by atoms with E-state index < -0.39 is 0 Å². The fourth-order valence-electron chi connectivity index (χ4n) is 2.97. The molecule has 0 aromatic carbocycles. The maximum absolute atomic E-state index is 9.60. The molecule has 3 aromatic rings. The van der Waals surface area contributed by atoms with Crippen LogP contribution < -0.4 is 10.1 Å². The van der Waals surface area contributed by atoms with Crippen molar-refractivity contribution < 1.29 is 9.84 Å². The molecule has 124 valence electrons. The lowest BCUT2D eigenvalue weighted by Crippen LogP contribution is -2.28. The SMILES string of the molecule is CNc1nccc(-c2cnc3cc(OC)c(C4CC(O)C4)nn23)n1. The molecule has 8 nitrogen and oxygen atoms in total. The van der Waals surface area contributed by atoms with Crippen molar-refractivity contribution in [2.75, 3.05) is 19.5 Å². The molecule has 0 unspecified atom stereocenters. The zero-order chi connectivity index (χ0) is 16.7. The molecule has 0 aliphatic heterocycles. The summed E-state index contributed by atoms with van der Waals surface area (Å²) >= 11 is 0. The first-order valence-electron chi connectivity index (χ1n) is 7.81. The molecule has 0 atom stereocenters. The predicted octanol–water partition coefficient (Wildman–Crippen LogP) is 1.47. The van der Waals surface area contributed by atoms with Gasteiger partial charge in [0.05, 0.1) is 25.1 Å². The molecule has 0 amide bonds. The molecular weight excluding hydrogens is 308 g/mol.